The van der Waals surface area contributed by atoms with Crippen LogP contribution in [0.15, 0.2) is 30.0 Å². The first-order valence-electron chi connectivity index (χ1n) is 8.64. The van der Waals surface area contributed by atoms with Crippen molar-refractivity contribution in [1.82, 2.24) is 15.5 Å². The molecule has 1 rings (SSSR count). The summed E-state index contributed by atoms with van der Waals surface area (Å²) in [5, 5.41) is 5.36. The highest BCUT2D eigenvalue weighted by Crippen LogP contribution is 2.14. The van der Waals surface area contributed by atoms with Crippen molar-refractivity contribution in [3.63, 3.8) is 0 Å². The number of likely N-dealkylation sites (N-methyl/N-ethyl adjacent to an activating group) is 1. The van der Waals surface area contributed by atoms with Gasteiger partial charge >= 0.3 is 5.97 Å². The van der Waals surface area contributed by atoms with Crippen molar-refractivity contribution in [2.75, 3.05) is 26.2 Å². The number of hydrogen-bond donors (Lipinski definition) is 2. The average Bonchev–Trinajstić information content (AvgIpc) is 2.58. The minimum absolute atomic E-state index is 0.164. The van der Waals surface area contributed by atoms with E-state index in [1.54, 1.807) is 30.3 Å². The van der Waals surface area contributed by atoms with Gasteiger partial charge in [0.05, 0.1) is 0 Å². The summed E-state index contributed by atoms with van der Waals surface area (Å²) in [6, 6.07) is 6.64. The standard InChI is InChI=1S/C19H27N3O4/c1-5-22(6-2)12-11-20-19(25)18(21-14(3)23)13-16-7-9-17(10-8-16)26-15(4)24/h7-10,13H,5-6,11-12H2,1-4H3,(H,20,25)(H,21,23)/b18-13-. The molecule has 7 heteroatoms. The van der Waals surface area contributed by atoms with Gasteiger partial charge in [-0.3, -0.25) is 14.4 Å². The van der Waals surface area contributed by atoms with E-state index in [-0.39, 0.29) is 17.5 Å². The van der Waals surface area contributed by atoms with Crippen LogP contribution in [0.2, 0.25) is 0 Å². The number of benzene rings is 1. The maximum Gasteiger partial charge on any atom is 0.308 e. The Morgan fingerprint density at radius 3 is 2.19 bits per heavy atom. The molecule has 0 saturated heterocycles. The van der Waals surface area contributed by atoms with Crippen LogP contribution in [0, 0.1) is 0 Å². The van der Waals surface area contributed by atoms with E-state index in [2.05, 4.69) is 29.4 Å². The Morgan fingerprint density at radius 2 is 1.69 bits per heavy atom. The van der Waals surface area contributed by atoms with E-state index in [1.165, 1.54) is 13.8 Å². The Bertz CT molecular complexity index is 649. The largest absolute Gasteiger partial charge is 0.427 e. The SMILES string of the molecule is CCN(CC)CCNC(=O)/C(=C/c1ccc(OC(C)=O)cc1)NC(C)=O. The van der Waals surface area contributed by atoms with Gasteiger partial charge in [0.1, 0.15) is 11.4 Å². The molecule has 0 aliphatic rings. The maximum atomic E-state index is 12.4. The Labute approximate surface area is 154 Å². The molecule has 2 N–H and O–H groups in total. The minimum Gasteiger partial charge on any atom is -0.427 e. The van der Waals surface area contributed by atoms with Crippen LogP contribution < -0.4 is 15.4 Å². The zero-order valence-corrected chi connectivity index (χ0v) is 15.8. The number of rotatable bonds is 9. The summed E-state index contributed by atoms with van der Waals surface area (Å²) in [6.07, 6.45) is 1.58. The van der Waals surface area contributed by atoms with Crippen molar-refractivity contribution in [1.29, 1.82) is 0 Å². The molecule has 0 radical (unpaired) electrons. The molecule has 26 heavy (non-hydrogen) atoms. The Hall–Kier alpha value is -2.67. The summed E-state index contributed by atoms with van der Waals surface area (Å²) in [4.78, 5) is 36.9. The highest BCUT2D eigenvalue weighted by Gasteiger charge is 2.11. The van der Waals surface area contributed by atoms with Gasteiger partial charge in [0.2, 0.25) is 5.91 Å². The Morgan fingerprint density at radius 1 is 1.08 bits per heavy atom. The first-order valence-corrected chi connectivity index (χ1v) is 8.64. The van der Waals surface area contributed by atoms with E-state index in [0.717, 1.165) is 19.6 Å². The molecule has 0 saturated carbocycles. The summed E-state index contributed by atoms with van der Waals surface area (Å²) in [5.74, 6) is -0.665. The van der Waals surface area contributed by atoms with Crippen LogP contribution in [0.4, 0.5) is 0 Å². The average molecular weight is 361 g/mol. The fourth-order valence-corrected chi connectivity index (χ4v) is 2.28. The van der Waals surface area contributed by atoms with Crippen molar-refractivity contribution >= 4 is 23.9 Å². The van der Waals surface area contributed by atoms with Gasteiger partial charge in [-0.1, -0.05) is 26.0 Å². The van der Waals surface area contributed by atoms with E-state index in [1.807, 2.05) is 0 Å². The van der Waals surface area contributed by atoms with Crippen molar-refractivity contribution < 1.29 is 19.1 Å². The van der Waals surface area contributed by atoms with Crippen molar-refractivity contribution in [3.8, 4) is 5.75 Å². The molecule has 0 aromatic heterocycles. The van der Waals surface area contributed by atoms with Crippen molar-refractivity contribution in [3.05, 3.63) is 35.5 Å². The third kappa shape index (κ3) is 7.94. The number of carbonyl (C=O) groups excluding carboxylic acids is 3. The highest BCUT2D eigenvalue weighted by atomic mass is 16.5. The van der Waals surface area contributed by atoms with E-state index in [9.17, 15) is 14.4 Å². The normalized spacial score (nSPS) is 11.2. The molecule has 2 amide bonds. The van der Waals surface area contributed by atoms with Crippen molar-refractivity contribution in [2.45, 2.75) is 27.7 Å². The van der Waals surface area contributed by atoms with Gasteiger partial charge < -0.3 is 20.3 Å². The van der Waals surface area contributed by atoms with Gasteiger partial charge in [-0.25, -0.2) is 0 Å². The van der Waals surface area contributed by atoms with Gasteiger partial charge in [-0.2, -0.15) is 0 Å². The van der Waals surface area contributed by atoms with E-state index >= 15 is 0 Å². The summed E-state index contributed by atoms with van der Waals surface area (Å²) in [5.41, 5.74) is 0.862. The molecule has 1 aromatic carbocycles. The number of carbonyl (C=O) groups is 3. The molecule has 0 aliphatic carbocycles. The predicted molar refractivity (Wildman–Crippen MR) is 100 cm³/mol. The topological polar surface area (TPSA) is 87.7 Å². The second kappa shape index (κ2) is 11.0. The van der Waals surface area contributed by atoms with Crippen LogP contribution in [-0.2, 0) is 14.4 Å². The van der Waals surface area contributed by atoms with E-state index in [0.29, 0.717) is 17.9 Å². The lowest BCUT2D eigenvalue weighted by Gasteiger charge is -2.18. The molecule has 0 atom stereocenters. The first-order chi connectivity index (χ1) is 12.3. The molecular weight excluding hydrogens is 334 g/mol. The van der Waals surface area contributed by atoms with Crippen LogP contribution in [0.3, 0.4) is 0 Å². The van der Waals surface area contributed by atoms with Gasteiger partial charge in [0.15, 0.2) is 0 Å². The zero-order chi connectivity index (χ0) is 19.5. The van der Waals surface area contributed by atoms with Gasteiger partial charge in [-0.05, 0) is 36.9 Å². The lowest BCUT2D eigenvalue weighted by Crippen LogP contribution is -2.38. The molecule has 0 fully saturated rings. The number of ether oxygens (including phenoxy) is 1. The number of esters is 1. The van der Waals surface area contributed by atoms with Crippen LogP contribution in [0.5, 0.6) is 5.75 Å². The third-order valence-corrected chi connectivity index (χ3v) is 3.62. The fourth-order valence-electron chi connectivity index (χ4n) is 2.28. The monoisotopic (exact) mass is 361 g/mol. The fraction of sp³-hybridized carbons (Fsp3) is 0.421. The second-order valence-electron chi connectivity index (χ2n) is 5.68. The van der Waals surface area contributed by atoms with E-state index < -0.39 is 5.97 Å². The number of amides is 2. The quantitative estimate of drug-likeness (QED) is 0.396. The Balaban J connectivity index is 2.81. The van der Waals surface area contributed by atoms with Gasteiger partial charge in [0, 0.05) is 26.9 Å². The number of hydrogen-bond acceptors (Lipinski definition) is 5. The molecule has 0 heterocycles. The minimum atomic E-state index is -0.403. The summed E-state index contributed by atoms with van der Waals surface area (Å²) in [6.45, 7) is 9.85. The molecular formula is C19H27N3O4. The lowest BCUT2D eigenvalue weighted by molar-refractivity contribution is -0.131. The molecule has 0 bridgehead atoms. The predicted octanol–water partition coefficient (Wildman–Crippen LogP) is 1.55. The molecule has 7 nitrogen and oxygen atoms in total. The third-order valence-electron chi connectivity index (χ3n) is 3.62. The summed E-state index contributed by atoms with van der Waals surface area (Å²) < 4.78 is 4.97. The number of nitrogens with one attached hydrogen (secondary N) is 2. The molecule has 0 aliphatic heterocycles. The smallest absolute Gasteiger partial charge is 0.308 e. The van der Waals surface area contributed by atoms with Crippen LogP contribution >= 0.6 is 0 Å². The van der Waals surface area contributed by atoms with Crippen molar-refractivity contribution in [2.24, 2.45) is 0 Å². The lowest BCUT2D eigenvalue weighted by atomic mass is 10.1. The molecule has 0 unspecified atom stereocenters. The van der Waals surface area contributed by atoms with Gasteiger partial charge in [-0.15, -0.1) is 0 Å². The molecule has 0 spiro atoms. The van der Waals surface area contributed by atoms with Crippen LogP contribution in [0.25, 0.3) is 6.08 Å². The summed E-state index contributed by atoms with van der Waals surface area (Å²) >= 11 is 0. The van der Waals surface area contributed by atoms with Crippen LogP contribution in [-0.4, -0.2) is 48.9 Å². The molecule has 142 valence electrons. The zero-order valence-electron chi connectivity index (χ0n) is 15.8. The number of nitrogens with zero attached hydrogens (tertiary/aromatic N) is 1. The van der Waals surface area contributed by atoms with E-state index in [4.69, 9.17) is 4.74 Å². The Kier molecular flexibility index (Phi) is 9.08. The first kappa shape index (κ1) is 21.4. The maximum absolute atomic E-state index is 12.4. The molecule has 1 aromatic rings. The second-order valence-corrected chi connectivity index (χ2v) is 5.68. The summed E-state index contributed by atoms with van der Waals surface area (Å²) in [7, 11) is 0. The van der Waals surface area contributed by atoms with Gasteiger partial charge in [0.25, 0.3) is 5.91 Å². The highest BCUT2D eigenvalue weighted by molar-refractivity contribution is 6.00. The van der Waals surface area contributed by atoms with Crippen LogP contribution in [0.1, 0.15) is 33.3 Å².